The number of hydrogen-bond acceptors (Lipinski definition) is 7. The number of aromatic nitrogens is 1. The molecule has 1 aliphatic carbocycles. The quantitative estimate of drug-likeness (QED) is 0.151. The predicted molar refractivity (Wildman–Crippen MR) is 142 cm³/mol. The zero-order chi connectivity index (χ0) is 31.5. The molecule has 2 N–H and O–H groups in total. The molecule has 15 heteroatoms. The number of ether oxygens (including phenoxy) is 1. The normalized spacial score (nSPS) is 14.0. The van der Waals surface area contributed by atoms with Crippen LogP contribution in [0.25, 0.3) is 0 Å². The van der Waals surface area contributed by atoms with Gasteiger partial charge in [0.2, 0.25) is 21.7 Å². The SMILES string of the molecule is COC(=O)c1ccc(N(Cc2ccc(C3CCCCC3)cn2)C(=O)CNS(=O)(=O)c2c(F)c(F)c(F)c(F)c2F)cc1O. The van der Waals surface area contributed by atoms with Crippen molar-refractivity contribution in [3.8, 4) is 5.75 Å². The topological polar surface area (TPSA) is 126 Å². The van der Waals surface area contributed by atoms with Crippen molar-refractivity contribution in [1.29, 1.82) is 0 Å². The maximum absolute atomic E-state index is 14.2. The molecule has 4 rings (SSSR count). The highest BCUT2D eigenvalue weighted by atomic mass is 32.2. The third-order valence-corrected chi connectivity index (χ3v) is 8.52. The molecule has 0 unspecified atom stereocenters. The van der Waals surface area contributed by atoms with Crippen LogP contribution in [0, 0.1) is 29.1 Å². The average molecular weight is 628 g/mol. The molecule has 1 amide bonds. The second-order valence-electron chi connectivity index (χ2n) is 9.81. The number of pyridine rings is 1. The number of carbonyl (C=O) groups excluding carboxylic acids is 2. The van der Waals surface area contributed by atoms with Gasteiger partial charge in [0.1, 0.15) is 11.3 Å². The van der Waals surface area contributed by atoms with Gasteiger partial charge in [0.25, 0.3) is 0 Å². The molecule has 1 heterocycles. The Labute approximate surface area is 243 Å². The van der Waals surface area contributed by atoms with Crippen molar-refractivity contribution in [2.45, 2.75) is 49.5 Å². The smallest absolute Gasteiger partial charge is 0.341 e. The van der Waals surface area contributed by atoms with Gasteiger partial charge in [0.05, 0.1) is 25.9 Å². The minimum absolute atomic E-state index is 0.0382. The lowest BCUT2D eigenvalue weighted by Crippen LogP contribution is -2.40. The summed E-state index contributed by atoms with van der Waals surface area (Å²) in [5, 5.41) is 10.4. The third kappa shape index (κ3) is 6.77. The first-order chi connectivity index (χ1) is 20.4. The van der Waals surface area contributed by atoms with Crippen LogP contribution in [0.3, 0.4) is 0 Å². The van der Waals surface area contributed by atoms with E-state index in [4.69, 9.17) is 0 Å². The number of phenolic OH excluding ortho intramolecular Hbond substituents is 1. The first kappa shape index (κ1) is 31.8. The minimum atomic E-state index is -5.43. The van der Waals surface area contributed by atoms with Crippen molar-refractivity contribution in [2.24, 2.45) is 0 Å². The maximum Gasteiger partial charge on any atom is 0.341 e. The van der Waals surface area contributed by atoms with Crippen molar-refractivity contribution in [1.82, 2.24) is 9.71 Å². The van der Waals surface area contributed by atoms with Crippen LogP contribution in [-0.4, -0.2) is 44.0 Å². The Morgan fingerprint density at radius 2 is 1.60 bits per heavy atom. The highest BCUT2D eigenvalue weighted by Gasteiger charge is 2.34. The molecular formula is C28H26F5N3O6S. The largest absolute Gasteiger partial charge is 0.507 e. The second kappa shape index (κ2) is 13.0. The van der Waals surface area contributed by atoms with Gasteiger partial charge in [0.15, 0.2) is 28.2 Å². The Hall–Kier alpha value is -4.11. The first-order valence-corrected chi connectivity index (χ1v) is 14.5. The standard InChI is InChI=1S/C28H26F5N3O6S/c1-42-28(39)19-10-9-18(11-20(19)37)36(14-17-8-7-16(12-34-17)15-5-3-2-4-6-15)21(38)13-35-43(40,41)27-25(32)23(30)22(29)24(31)26(27)33/h7-12,15,35,37H,2-6,13-14H2,1H3. The van der Waals surface area contributed by atoms with Gasteiger partial charge in [-0.3, -0.25) is 9.78 Å². The molecule has 0 radical (unpaired) electrons. The van der Waals surface area contributed by atoms with Crippen LogP contribution < -0.4 is 9.62 Å². The van der Waals surface area contributed by atoms with Crippen LogP contribution in [-0.2, 0) is 26.1 Å². The van der Waals surface area contributed by atoms with Crippen LogP contribution in [0.2, 0.25) is 0 Å². The minimum Gasteiger partial charge on any atom is -0.507 e. The number of esters is 1. The molecule has 0 aliphatic heterocycles. The van der Waals surface area contributed by atoms with Gasteiger partial charge in [-0.15, -0.1) is 0 Å². The van der Waals surface area contributed by atoms with Crippen LogP contribution in [0.15, 0.2) is 41.4 Å². The average Bonchev–Trinajstić information content (AvgIpc) is 3.00. The molecule has 9 nitrogen and oxygen atoms in total. The van der Waals surface area contributed by atoms with Gasteiger partial charge in [0, 0.05) is 18.0 Å². The summed E-state index contributed by atoms with van der Waals surface area (Å²) in [6.45, 7) is -1.48. The van der Waals surface area contributed by atoms with Crippen molar-refractivity contribution < 1.29 is 49.8 Å². The lowest BCUT2D eigenvalue weighted by molar-refractivity contribution is -0.117. The number of nitrogens with zero attached hydrogens (tertiary/aromatic N) is 2. The zero-order valence-corrected chi connectivity index (χ0v) is 23.5. The molecule has 1 saturated carbocycles. The van der Waals surface area contributed by atoms with Crippen LogP contribution in [0.4, 0.5) is 27.6 Å². The molecule has 0 bridgehead atoms. The first-order valence-electron chi connectivity index (χ1n) is 13.0. The highest BCUT2D eigenvalue weighted by molar-refractivity contribution is 7.89. The number of rotatable bonds is 9. The molecule has 0 spiro atoms. The number of nitrogens with one attached hydrogen (secondary N) is 1. The number of sulfonamides is 1. The van der Waals surface area contributed by atoms with E-state index in [0.29, 0.717) is 11.6 Å². The van der Waals surface area contributed by atoms with Gasteiger partial charge in [-0.05, 0) is 42.5 Å². The summed E-state index contributed by atoms with van der Waals surface area (Å²) in [4.78, 5) is 28.4. The number of hydrogen-bond donors (Lipinski definition) is 2. The highest BCUT2D eigenvalue weighted by Crippen LogP contribution is 2.33. The summed E-state index contributed by atoms with van der Waals surface area (Å²) in [6.07, 6.45) is 7.05. The summed E-state index contributed by atoms with van der Waals surface area (Å²) in [5.74, 6) is -14.9. The molecule has 1 aromatic heterocycles. The predicted octanol–water partition coefficient (Wildman–Crippen LogP) is 4.83. The summed E-state index contributed by atoms with van der Waals surface area (Å²) in [6, 6.07) is 6.93. The van der Waals surface area contributed by atoms with Gasteiger partial charge >= 0.3 is 5.97 Å². The Bertz CT molecular complexity index is 1620. The Morgan fingerprint density at radius 1 is 0.977 bits per heavy atom. The van der Waals surface area contributed by atoms with Crippen molar-refractivity contribution in [3.63, 3.8) is 0 Å². The van der Waals surface area contributed by atoms with Crippen LogP contribution >= 0.6 is 0 Å². The van der Waals surface area contributed by atoms with Crippen molar-refractivity contribution in [3.05, 3.63) is 82.4 Å². The molecule has 0 atom stereocenters. The second-order valence-corrected chi connectivity index (χ2v) is 11.5. The van der Waals surface area contributed by atoms with E-state index >= 15 is 0 Å². The van der Waals surface area contributed by atoms with Gasteiger partial charge in [-0.25, -0.2) is 39.9 Å². The third-order valence-electron chi connectivity index (χ3n) is 7.10. The van der Waals surface area contributed by atoms with Gasteiger partial charge in [-0.1, -0.05) is 25.3 Å². The number of methoxy groups -OCH3 is 1. The van der Waals surface area contributed by atoms with Gasteiger partial charge < -0.3 is 14.7 Å². The number of aromatic hydroxyl groups is 1. The van der Waals surface area contributed by atoms with E-state index in [1.807, 2.05) is 6.07 Å². The van der Waals surface area contributed by atoms with E-state index in [-0.39, 0.29) is 17.8 Å². The molecular weight excluding hydrogens is 601 g/mol. The Morgan fingerprint density at radius 3 is 2.16 bits per heavy atom. The number of amides is 1. The fourth-order valence-electron chi connectivity index (χ4n) is 4.81. The Kier molecular flexibility index (Phi) is 9.65. The molecule has 3 aromatic rings. The molecule has 1 aliphatic rings. The number of halogens is 5. The Balaban J connectivity index is 1.63. The maximum atomic E-state index is 14.2. The molecule has 43 heavy (non-hydrogen) atoms. The van der Waals surface area contributed by atoms with E-state index in [9.17, 15) is 45.1 Å². The van der Waals surface area contributed by atoms with Gasteiger partial charge in [-0.2, -0.15) is 0 Å². The summed E-state index contributed by atoms with van der Waals surface area (Å²) in [5.41, 5.74) is 1.08. The summed E-state index contributed by atoms with van der Waals surface area (Å²) in [7, 11) is -4.35. The van der Waals surface area contributed by atoms with Crippen LogP contribution in [0.1, 0.15) is 59.6 Å². The number of benzene rings is 2. The molecule has 230 valence electrons. The van der Waals surface area contributed by atoms with E-state index in [1.54, 1.807) is 17.0 Å². The summed E-state index contributed by atoms with van der Waals surface area (Å²) < 4.78 is 100. The van der Waals surface area contributed by atoms with Crippen LogP contribution in [0.5, 0.6) is 5.75 Å². The molecule has 1 fully saturated rings. The lowest BCUT2D eigenvalue weighted by atomic mass is 9.85. The van der Waals surface area contributed by atoms with Crippen molar-refractivity contribution in [2.75, 3.05) is 18.6 Å². The number of carbonyl (C=O) groups is 2. The van der Waals surface area contributed by atoms with E-state index in [2.05, 4.69) is 9.72 Å². The monoisotopic (exact) mass is 627 g/mol. The van der Waals surface area contributed by atoms with E-state index in [0.717, 1.165) is 61.8 Å². The van der Waals surface area contributed by atoms with Crippen molar-refractivity contribution >= 4 is 27.6 Å². The fraction of sp³-hybridized carbons (Fsp3) is 0.321. The van der Waals surface area contributed by atoms with E-state index < -0.39 is 68.2 Å². The zero-order valence-electron chi connectivity index (χ0n) is 22.7. The van der Waals surface area contributed by atoms with E-state index in [1.165, 1.54) is 6.07 Å². The fourth-order valence-corrected chi connectivity index (χ4v) is 5.92. The number of phenols is 1. The number of anilines is 1. The molecule has 2 aromatic carbocycles. The lowest BCUT2D eigenvalue weighted by Gasteiger charge is -2.24. The molecule has 0 saturated heterocycles. The summed E-state index contributed by atoms with van der Waals surface area (Å²) >= 11 is 0.